The van der Waals surface area contributed by atoms with E-state index in [0.29, 0.717) is 0 Å². The summed E-state index contributed by atoms with van der Waals surface area (Å²) >= 11 is 0. The number of halogens is 3. The van der Waals surface area contributed by atoms with Crippen LogP contribution < -0.4 is 0 Å². The van der Waals surface area contributed by atoms with Crippen LogP contribution in [-0.2, 0) is 19.1 Å². The van der Waals surface area contributed by atoms with Gasteiger partial charge >= 0.3 is 18.1 Å². The molecule has 0 radical (unpaired) electrons. The number of alkyl halides is 3. The summed E-state index contributed by atoms with van der Waals surface area (Å²) in [6.45, 7) is 8.14. The Balaban J connectivity index is 4.86. The largest absolute Gasteiger partial charge is 0.465 e. The molecule has 0 aromatic carbocycles. The van der Waals surface area contributed by atoms with Gasteiger partial charge in [-0.15, -0.1) is 0 Å². The van der Waals surface area contributed by atoms with Gasteiger partial charge in [-0.05, 0) is 11.8 Å². The third-order valence-electron chi connectivity index (χ3n) is 2.95. The number of hydrogen-bond donors (Lipinski definition) is 0. The summed E-state index contributed by atoms with van der Waals surface area (Å²) < 4.78 is 48.3. The van der Waals surface area contributed by atoms with Gasteiger partial charge in [0.15, 0.2) is 0 Å². The fourth-order valence-electron chi connectivity index (χ4n) is 1.55. The smallest absolute Gasteiger partial charge is 0.392 e. The third-order valence-corrected chi connectivity index (χ3v) is 2.95. The molecule has 130 valence electrons. The van der Waals surface area contributed by atoms with Gasteiger partial charge in [-0.25, -0.2) is 0 Å². The van der Waals surface area contributed by atoms with Crippen LogP contribution >= 0.6 is 0 Å². The van der Waals surface area contributed by atoms with Gasteiger partial charge in [-0.2, -0.15) is 13.2 Å². The highest BCUT2D eigenvalue weighted by molar-refractivity contribution is 5.80. The van der Waals surface area contributed by atoms with E-state index in [1.54, 1.807) is 27.7 Å². The fourth-order valence-corrected chi connectivity index (χ4v) is 1.55. The maximum atomic E-state index is 12.9. The van der Waals surface area contributed by atoms with Gasteiger partial charge in [0.1, 0.15) is 0 Å². The van der Waals surface area contributed by atoms with Crippen LogP contribution in [0.3, 0.4) is 0 Å². The van der Waals surface area contributed by atoms with E-state index < -0.39 is 36.4 Å². The van der Waals surface area contributed by atoms with Gasteiger partial charge in [-0.3, -0.25) is 9.59 Å². The van der Waals surface area contributed by atoms with E-state index in [2.05, 4.69) is 0 Å². The molecule has 4 nitrogen and oxygen atoms in total. The lowest BCUT2D eigenvalue weighted by molar-refractivity contribution is -0.197. The Morgan fingerprint density at radius 3 is 1.77 bits per heavy atom. The second kappa shape index (κ2) is 9.00. The number of carbonyl (C=O) groups excluding carboxylic acids is 2. The molecule has 0 heterocycles. The van der Waals surface area contributed by atoms with E-state index in [0.717, 1.165) is 6.92 Å². The molecule has 0 saturated heterocycles. The van der Waals surface area contributed by atoms with E-state index in [9.17, 15) is 22.8 Å². The SMILES string of the molecule is CC(C)COC(=O)CC(C(=O)OCC(C)C)C(C)C(F)(F)F. The highest BCUT2D eigenvalue weighted by Crippen LogP contribution is 2.34. The monoisotopic (exact) mass is 326 g/mol. The van der Waals surface area contributed by atoms with Crippen molar-refractivity contribution in [3.8, 4) is 0 Å². The molecule has 0 fully saturated rings. The first kappa shape index (κ1) is 20.7. The quantitative estimate of drug-likeness (QED) is 0.640. The van der Waals surface area contributed by atoms with Gasteiger partial charge in [0.05, 0.1) is 31.5 Å². The molecule has 0 bridgehead atoms. The van der Waals surface area contributed by atoms with Gasteiger partial charge < -0.3 is 9.47 Å². The Morgan fingerprint density at radius 1 is 0.909 bits per heavy atom. The second-order valence-corrected chi connectivity index (χ2v) is 6.24. The average Bonchev–Trinajstić information content (AvgIpc) is 2.37. The molecule has 0 aliphatic heterocycles. The first-order valence-corrected chi connectivity index (χ1v) is 7.34. The van der Waals surface area contributed by atoms with Crippen molar-refractivity contribution in [2.45, 2.75) is 47.2 Å². The van der Waals surface area contributed by atoms with Crippen molar-refractivity contribution in [1.29, 1.82) is 0 Å². The average molecular weight is 326 g/mol. The molecule has 2 unspecified atom stereocenters. The summed E-state index contributed by atoms with van der Waals surface area (Å²) in [5, 5.41) is 0. The standard InChI is InChI=1S/C15H25F3O4/c1-9(2)7-21-13(19)6-12(11(5)15(16,17)18)14(20)22-8-10(3)4/h9-12H,6-8H2,1-5H3. The predicted molar refractivity (Wildman–Crippen MR) is 74.9 cm³/mol. The number of esters is 2. The first-order valence-electron chi connectivity index (χ1n) is 7.34. The Morgan fingerprint density at radius 2 is 1.36 bits per heavy atom. The van der Waals surface area contributed by atoms with Crippen LogP contribution in [-0.4, -0.2) is 31.3 Å². The van der Waals surface area contributed by atoms with Gasteiger partial charge in [-0.1, -0.05) is 34.6 Å². The minimum atomic E-state index is -4.58. The normalized spacial score (nSPS) is 14.8. The number of hydrogen-bond acceptors (Lipinski definition) is 4. The maximum Gasteiger partial charge on any atom is 0.392 e. The van der Waals surface area contributed by atoms with E-state index in [1.807, 2.05) is 0 Å². The Hall–Kier alpha value is -1.27. The van der Waals surface area contributed by atoms with Crippen LogP contribution in [0.25, 0.3) is 0 Å². The molecule has 7 heteroatoms. The molecule has 22 heavy (non-hydrogen) atoms. The summed E-state index contributed by atoms with van der Waals surface area (Å²) in [6.07, 6.45) is -5.22. The van der Waals surface area contributed by atoms with Crippen molar-refractivity contribution in [3.05, 3.63) is 0 Å². The molecule has 0 aromatic heterocycles. The Bertz CT molecular complexity index is 364. The number of rotatable bonds is 8. The molecule has 0 aliphatic carbocycles. The van der Waals surface area contributed by atoms with Crippen LogP contribution in [0.4, 0.5) is 13.2 Å². The van der Waals surface area contributed by atoms with Crippen molar-refractivity contribution in [3.63, 3.8) is 0 Å². The molecule has 0 spiro atoms. The van der Waals surface area contributed by atoms with E-state index >= 15 is 0 Å². The highest BCUT2D eigenvalue weighted by atomic mass is 19.4. The van der Waals surface area contributed by atoms with Crippen LogP contribution in [0.5, 0.6) is 0 Å². The van der Waals surface area contributed by atoms with E-state index in [4.69, 9.17) is 9.47 Å². The molecule has 0 amide bonds. The van der Waals surface area contributed by atoms with Crippen molar-refractivity contribution in [1.82, 2.24) is 0 Å². The topological polar surface area (TPSA) is 52.6 Å². The molecular formula is C15H25F3O4. The lowest BCUT2D eigenvalue weighted by Gasteiger charge is -2.24. The van der Waals surface area contributed by atoms with E-state index in [1.165, 1.54) is 0 Å². The van der Waals surface area contributed by atoms with Crippen LogP contribution in [0.1, 0.15) is 41.0 Å². The van der Waals surface area contributed by atoms with Crippen LogP contribution in [0.2, 0.25) is 0 Å². The van der Waals surface area contributed by atoms with Gasteiger partial charge in [0.25, 0.3) is 0 Å². The zero-order valence-corrected chi connectivity index (χ0v) is 13.7. The summed E-state index contributed by atoms with van der Waals surface area (Å²) in [7, 11) is 0. The molecule has 0 aromatic rings. The molecule has 0 saturated carbocycles. The maximum absolute atomic E-state index is 12.9. The number of ether oxygens (including phenoxy) is 2. The molecule has 0 N–H and O–H groups in total. The Kier molecular flexibility index (Phi) is 8.48. The van der Waals surface area contributed by atoms with Crippen molar-refractivity contribution >= 4 is 11.9 Å². The predicted octanol–water partition coefficient (Wildman–Crippen LogP) is 3.59. The first-order chi connectivity index (χ1) is 9.95. The summed E-state index contributed by atoms with van der Waals surface area (Å²) in [5.41, 5.74) is 0. The van der Waals surface area contributed by atoms with Crippen molar-refractivity contribution in [2.75, 3.05) is 13.2 Å². The summed E-state index contributed by atoms with van der Waals surface area (Å²) in [4.78, 5) is 23.5. The zero-order valence-electron chi connectivity index (χ0n) is 13.7. The molecule has 2 atom stereocenters. The summed E-state index contributed by atoms with van der Waals surface area (Å²) in [5.74, 6) is -5.33. The van der Waals surface area contributed by atoms with Crippen LogP contribution in [0, 0.1) is 23.7 Å². The van der Waals surface area contributed by atoms with Crippen LogP contribution in [0.15, 0.2) is 0 Å². The van der Waals surface area contributed by atoms with E-state index in [-0.39, 0.29) is 25.0 Å². The second-order valence-electron chi connectivity index (χ2n) is 6.24. The highest BCUT2D eigenvalue weighted by Gasteiger charge is 2.45. The lowest BCUT2D eigenvalue weighted by atomic mass is 9.90. The zero-order chi connectivity index (χ0) is 17.5. The number of carbonyl (C=O) groups is 2. The minimum Gasteiger partial charge on any atom is -0.465 e. The summed E-state index contributed by atoms with van der Waals surface area (Å²) in [6, 6.07) is 0. The van der Waals surface area contributed by atoms with Crippen molar-refractivity contribution < 1.29 is 32.2 Å². The fraction of sp³-hybridized carbons (Fsp3) is 0.867. The van der Waals surface area contributed by atoms with Gasteiger partial charge in [0.2, 0.25) is 0 Å². The van der Waals surface area contributed by atoms with Gasteiger partial charge in [0, 0.05) is 0 Å². The molecular weight excluding hydrogens is 301 g/mol. The lowest BCUT2D eigenvalue weighted by Crippen LogP contribution is -2.36. The molecule has 0 aliphatic rings. The minimum absolute atomic E-state index is 0.00122. The third kappa shape index (κ3) is 8.24. The Labute approximate surface area is 129 Å². The molecule has 0 rings (SSSR count). The van der Waals surface area contributed by atoms with Crippen molar-refractivity contribution in [2.24, 2.45) is 23.7 Å².